The van der Waals surface area contributed by atoms with Gasteiger partial charge in [0.15, 0.2) is 5.58 Å². The topological polar surface area (TPSA) is 78.8 Å². The molecule has 152 valence electrons. The maximum Gasteiger partial charge on any atom is 0.417 e. The Balaban J connectivity index is 1.34. The van der Waals surface area contributed by atoms with Crippen molar-refractivity contribution in [3.63, 3.8) is 0 Å². The van der Waals surface area contributed by atoms with Crippen molar-refractivity contribution in [2.45, 2.75) is 50.5 Å². The van der Waals surface area contributed by atoms with Crippen LogP contribution in [-0.4, -0.2) is 60.2 Å². The second-order valence-corrected chi connectivity index (χ2v) is 7.98. The lowest BCUT2D eigenvalue weighted by molar-refractivity contribution is 0.115. The van der Waals surface area contributed by atoms with Crippen LogP contribution in [0.4, 0.5) is 4.79 Å². The molecule has 1 aromatic carbocycles. The zero-order valence-electron chi connectivity index (χ0n) is 16.5. The van der Waals surface area contributed by atoms with Crippen LogP contribution in [0.25, 0.3) is 11.1 Å². The van der Waals surface area contributed by atoms with Gasteiger partial charge in [0.25, 0.3) is 0 Å². The number of para-hydroxylation sites is 1. The summed E-state index contributed by atoms with van der Waals surface area (Å²) in [4.78, 5) is 30.6. The molecular weight excluding hydrogens is 358 g/mol. The van der Waals surface area contributed by atoms with E-state index in [4.69, 9.17) is 9.15 Å². The summed E-state index contributed by atoms with van der Waals surface area (Å²) in [6.07, 6.45) is 6.31. The number of aromatic nitrogens is 1. The van der Waals surface area contributed by atoms with Gasteiger partial charge in [-0.3, -0.25) is 4.98 Å². The van der Waals surface area contributed by atoms with Crippen molar-refractivity contribution in [2.75, 3.05) is 33.3 Å². The van der Waals surface area contributed by atoms with Crippen LogP contribution in [0.1, 0.15) is 50.0 Å². The molecule has 2 unspecified atom stereocenters. The minimum atomic E-state index is -0.387. The summed E-state index contributed by atoms with van der Waals surface area (Å²) in [5.41, 5.74) is 2.62. The Labute approximate surface area is 164 Å². The van der Waals surface area contributed by atoms with Gasteiger partial charge in [-0.15, -0.1) is 0 Å². The van der Waals surface area contributed by atoms with Crippen molar-refractivity contribution < 1.29 is 13.9 Å². The average Bonchev–Trinajstić information content (AvgIpc) is 3.33. The number of ether oxygens (including phenoxy) is 1. The summed E-state index contributed by atoms with van der Waals surface area (Å²) in [5, 5.41) is 0. The van der Waals surface area contributed by atoms with E-state index in [2.05, 4.69) is 16.0 Å². The molecule has 2 atom stereocenters. The lowest BCUT2D eigenvalue weighted by Gasteiger charge is -2.33. The van der Waals surface area contributed by atoms with Gasteiger partial charge in [0.05, 0.1) is 12.6 Å². The van der Waals surface area contributed by atoms with E-state index in [1.54, 1.807) is 0 Å². The SMILES string of the molecule is COC(=O)N1CCCC1CCCN1CCCC(c2cccc3[nH]c(=O)oc23)C1. The van der Waals surface area contributed by atoms with Crippen LogP contribution in [0.15, 0.2) is 27.4 Å². The van der Waals surface area contributed by atoms with E-state index in [1.807, 2.05) is 17.0 Å². The highest BCUT2D eigenvalue weighted by atomic mass is 16.5. The van der Waals surface area contributed by atoms with E-state index in [0.29, 0.717) is 17.5 Å². The molecule has 1 N–H and O–H groups in total. The van der Waals surface area contributed by atoms with Crippen LogP contribution >= 0.6 is 0 Å². The summed E-state index contributed by atoms with van der Waals surface area (Å²) in [6, 6.07) is 6.28. The highest BCUT2D eigenvalue weighted by molar-refractivity contribution is 5.76. The first-order valence-corrected chi connectivity index (χ1v) is 10.3. The van der Waals surface area contributed by atoms with Crippen molar-refractivity contribution in [1.82, 2.24) is 14.8 Å². The third-order valence-electron chi connectivity index (χ3n) is 6.22. The zero-order valence-corrected chi connectivity index (χ0v) is 16.5. The lowest BCUT2D eigenvalue weighted by Crippen LogP contribution is -2.37. The van der Waals surface area contributed by atoms with Gasteiger partial charge < -0.3 is 19.0 Å². The molecule has 2 saturated heterocycles. The summed E-state index contributed by atoms with van der Waals surface area (Å²) in [7, 11) is 1.46. The standard InChI is InChI=1S/C21H29N3O4/c1-27-21(26)24-13-5-8-16(24)7-4-12-23-11-3-6-15(14-23)17-9-2-10-18-19(17)28-20(25)22-18/h2,9-10,15-16H,3-8,11-14H2,1H3,(H,22,25). The van der Waals surface area contributed by atoms with Gasteiger partial charge in [-0.05, 0) is 57.7 Å². The van der Waals surface area contributed by atoms with Crippen LogP contribution in [0.5, 0.6) is 0 Å². The predicted octanol–water partition coefficient (Wildman–Crippen LogP) is 3.31. The number of carbonyl (C=O) groups is 1. The lowest BCUT2D eigenvalue weighted by atomic mass is 9.90. The second-order valence-electron chi connectivity index (χ2n) is 7.98. The van der Waals surface area contributed by atoms with Crippen molar-refractivity contribution in [1.29, 1.82) is 0 Å². The number of nitrogens with one attached hydrogen (secondary N) is 1. The molecule has 1 amide bonds. The third kappa shape index (κ3) is 3.94. The molecule has 3 heterocycles. The number of aromatic amines is 1. The van der Waals surface area contributed by atoms with Gasteiger partial charge in [0.1, 0.15) is 0 Å². The van der Waals surface area contributed by atoms with Crippen LogP contribution < -0.4 is 5.76 Å². The van der Waals surface area contributed by atoms with E-state index in [-0.39, 0.29) is 11.8 Å². The van der Waals surface area contributed by atoms with Gasteiger partial charge in [-0.1, -0.05) is 12.1 Å². The first-order valence-electron chi connectivity index (χ1n) is 10.3. The maximum absolute atomic E-state index is 11.9. The number of hydrogen-bond acceptors (Lipinski definition) is 5. The van der Waals surface area contributed by atoms with Crippen molar-refractivity contribution in [3.05, 3.63) is 34.3 Å². The fraction of sp³-hybridized carbons (Fsp3) is 0.619. The molecular formula is C21H29N3O4. The number of nitrogens with zero attached hydrogens (tertiary/aromatic N) is 2. The molecule has 2 aromatic rings. The van der Waals surface area contributed by atoms with Crippen LogP contribution in [0.3, 0.4) is 0 Å². The Hall–Kier alpha value is -2.28. The smallest absolute Gasteiger partial charge is 0.417 e. The van der Waals surface area contributed by atoms with Crippen molar-refractivity contribution in [3.8, 4) is 0 Å². The number of carbonyl (C=O) groups excluding carboxylic acids is 1. The number of rotatable bonds is 5. The summed E-state index contributed by atoms with van der Waals surface area (Å²) in [6.45, 7) is 3.94. The second kappa shape index (κ2) is 8.39. The monoisotopic (exact) mass is 387 g/mol. The normalized spacial score (nSPS) is 23.4. The number of benzene rings is 1. The molecule has 1 aromatic heterocycles. The average molecular weight is 387 g/mol. The molecule has 4 rings (SSSR count). The first kappa shape index (κ1) is 19.1. The number of fused-ring (bicyclic) bond motifs is 1. The molecule has 7 nitrogen and oxygen atoms in total. The Bertz CT molecular complexity index is 874. The fourth-order valence-electron chi connectivity index (χ4n) is 4.87. The van der Waals surface area contributed by atoms with Gasteiger partial charge >= 0.3 is 11.8 Å². The van der Waals surface area contributed by atoms with E-state index in [1.165, 1.54) is 7.11 Å². The Morgan fingerprint density at radius 2 is 2.14 bits per heavy atom. The summed E-state index contributed by atoms with van der Waals surface area (Å²) >= 11 is 0. The van der Waals surface area contributed by atoms with Gasteiger partial charge in [-0.2, -0.15) is 0 Å². The van der Waals surface area contributed by atoms with E-state index >= 15 is 0 Å². The molecule has 2 aliphatic rings. The molecule has 0 aliphatic carbocycles. The minimum Gasteiger partial charge on any atom is -0.453 e. The largest absolute Gasteiger partial charge is 0.453 e. The third-order valence-corrected chi connectivity index (χ3v) is 6.22. The molecule has 0 radical (unpaired) electrons. The molecule has 28 heavy (non-hydrogen) atoms. The van der Waals surface area contributed by atoms with Crippen LogP contribution in [-0.2, 0) is 4.74 Å². The Morgan fingerprint density at radius 3 is 3.00 bits per heavy atom. The minimum absolute atomic E-state index is 0.193. The highest BCUT2D eigenvalue weighted by Crippen LogP contribution is 2.31. The number of oxazole rings is 1. The van der Waals surface area contributed by atoms with Gasteiger partial charge in [0.2, 0.25) is 0 Å². The van der Waals surface area contributed by atoms with E-state index < -0.39 is 0 Å². The molecule has 7 heteroatoms. The fourth-order valence-corrected chi connectivity index (χ4v) is 4.87. The molecule has 0 bridgehead atoms. The Morgan fingerprint density at radius 1 is 1.29 bits per heavy atom. The van der Waals surface area contributed by atoms with Gasteiger partial charge in [0, 0.05) is 30.6 Å². The number of amides is 1. The highest BCUT2D eigenvalue weighted by Gasteiger charge is 2.29. The number of H-pyrrole nitrogens is 1. The molecule has 0 spiro atoms. The van der Waals surface area contributed by atoms with Crippen LogP contribution in [0.2, 0.25) is 0 Å². The number of piperidine rings is 1. The van der Waals surface area contributed by atoms with Crippen molar-refractivity contribution in [2.24, 2.45) is 0 Å². The maximum atomic E-state index is 11.9. The van der Waals surface area contributed by atoms with E-state index in [0.717, 1.165) is 75.8 Å². The van der Waals surface area contributed by atoms with E-state index in [9.17, 15) is 9.59 Å². The summed E-state index contributed by atoms with van der Waals surface area (Å²) < 4.78 is 10.3. The molecule has 2 aliphatic heterocycles. The summed E-state index contributed by atoms with van der Waals surface area (Å²) in [5.74, 6) is -0.00344. The first-order chi connectivity index (χ1) is 13.7. The molecule has 2 fully saturated rings. The number of likely N-dealkylation sites (tertiary alicyclic amines) is 2. The number of hydrogen-bond donors (Lipinski definition) is 1. The number of methoxy groups -OCH3 is 1. The molecule has 0 saturated carbocycles. The predicted molar refractivity (Wildman–Crippen MR) is 107 cm³/mol. The van der Waals surface area contributed by atoms with Crippen LogP contribution in [0, 0.1) is 0 Å². The van der Waals surface area contributed by atoms with Crippen molar-refractivity contribution >= 4 is 17.2 Å². The van der Waals surface area contributed by atoms with Gasteiger partial charge in [-0.25, -0.2) is 9.59 Å². The Kier molecular flexibility index (Phi) is 5.71. The quantitative estimate of drug-likeness (QED) is 0.851. The zero-order chi connectivity index (χ0) is 19.5.